The number of benzene rings is 1. The SMILES string of the molecule is CCOCCCn1c(=O)c2ccccc2n2c(SCC(=O)N(CC(C)C)CC(C)C)nnc12. The van der Waals surface area contributed by atoms with Crippen molar-refractivity contribution in [2.75, 3.05) is 32.1 Å². The quantitative estimate of drug-likeness (QED) is 0.295. The molecule has 2 aromatic heterocycles. The van der Waals surface area contributed by atoms with Gasteiger partial charge in [-0.1, -0.05) is 51.6 Å². The molecule has 0 unspecified atom stereocenters. The first-order valence-corrected chi connectivity index (χ1v) is 12.7. The Morgan fingerprint density at radius 2 is 1.82 bits per heavy atom. The second-order valence-corrected chi connectivity index (χ2v) is 9.96. The average molecular weight is 474 g/mol. The van der Waals surface area contributed by atoms with Crippen molar-refractivity contribution < 1.29 is 9.53 Å². The summed E-state index contributed by atoms with van der Waals surface area (Å²) in [6.45, 7) is 13.6. The Morgan fingerprint density at radius 3 is 2.48 bits per heavy atom. The molecule has 0 atom stereocenters. The summed E-state index contributed by atoms with van der Waals surface area (Å²) in [5.41, 5.74) is 0.661. The lowest BCUT2D eigenvalue weighted by molar-refractivity contribution is -0.129. The number of aromatic nitrogens is 4. The molecule has 2 heterocycles. The molecule has 0 bridgehead atoms. The van der Waals surface area contributed by atoms with Crippen LogP contribution in [0.3, 0.4) is 0 Å². The third kappa shape index (κ3) is 6.14. The molecule has 3 aromatic rings. The van der Waals surface area contributed by atoms with Crippen LogP contribution in [-0.2, 0) is 16.1 Å². The highest BCUT2D eigenvalue weighted by atomic mass is 32.2. The van der Waals surface area contributed by atoms with Gasteiger partial charge in [-0.3, -0.25) is 18.6 Å². The lowest BCUT2D eigenvalue weighted by atomic mass is 10.1. The zero-order valence-corrected chi connectivity index (χ0v) is 21.1. The third-order valence-electron chi connectivity index (χ3n) is 5.20. The largest absolute Gasteiger partial charge is 0.382 e. The molecule has 0 aliphatic heterocycles. The molecular formula is C24H35N5O3S. The zero-order chi connectivity index (χ0) is 24.0. The van der Waals surface area contributed by atoms with E-state index in [9.17, 15) is 9.59 Å². The number of ether oxygens (including phenoxy) is 1. The van der Waals surface area contributed by atoms with Crippen LogP contribution in [0.15, 0.2) is 34.2 Å². The van der Waals surface area contributed by atoms with E-state index in [4.69, 9.17) is 4.74 Å². The van der Waals surface area contributed by atoms with Crippen molar-refractivity contribution in [3.63, 3.8) is 0 Å². The van der Waals surface area contributed by atoms with E-state index in [1.807, 2.05) is 40.5 Å². The van der Waals surface area contributed by atoms with Crippen molar-refractivity contribution in [1.82, 2.24) is 24.1 Å². The normalized spacial score (nSPS) is 11.8. The summed E-state index contributed by atoms with van der Waals surface area (Å²) in [6, 6.07) is 7.47. The Morgan fingerprint density at radius 1 is 1.12 bits per heavy atom. The molecule has 0 saturated carbocycles. The molecule has 9 heteroatoms. The van der Waals surface area contributed by atoms with E-state index in [0.717, 1.165) is 18.6 Å². The van der Waals surface area contributed by atoms with Gasteiger partial charge in [-0.2, -0.15) is 0 Å². The Hall–Kier alpha value is -2.39. The monoisotopic (exact) mass is 473 g/mol. The molecule has 0 aliphatic carbocycles. The van der Waals surface area contributed by atoms with Crippen LogP contribution in [-0.4, -0.2) is 62.0 Å². The van der Waals surface area contributed by atoms with Crippen LogP contribution < -0.4 is 5.56 Å². The smallest absolute Gasteiger partial charge is 0.262 e. The number of hydrogen-bond acceptors (Lipinski definition) is 6. The van der Waals surface area contributed by atoms with Gasteiger partial charge < -0.3 is 9.64 Å². The molecule has 8 nitrogen and oxygen atoms in total. The van der Waals surface area contributed by atoms with Gasteiger partial charge in [0.1, 0.15) is 0 Å². The van der Waals surface area contributed by atoms with Gasteiger partial charge in [0, 0.05) is 32.8 Å². The first-order valence-electron chi connectivity index (χ1n) is 11.7. The van der Waals surface area contributed by atoms with Gasteiger partial charge >= 0.3 is 0 Å². The first-order chi connectivity index (χ1) is 15.8. The van der Waals surface area contributed by atoms with Crippen molar-refractivity contribution >= 4 is 34.3 Å². The molecule has 1 amide bonds. The third-order valence-corrected chi connectivity index (χ3v) is 6.11. The average Bonchev–Trinajstić information content (AvgIpc) is 3.19. The summed E-state index contributed by atoms with van der Waals surface area (Å²) in [5, 5.41) is 9.92. The molecule has 0 saturated heterocycles. The first kappa shape index (κ1) is 25.2. The molecule has 180 valence electrons. The Labute approximate surface area is 199 Å². The fourth-order valence-electron chi connectivity index (χ4n) is 3.87. The maximum absolute atomic E-state index is 13.1. The van der Waals surface area contributed by atoms with Gasteiger partial charge in [-0.15, -0.1) is 10.2 Å². The summed E-state index contributed by atoms with van der Waals surface area (Å²) in [4.78, 5) is 28.1. The predicted molar refractivity (Wildman–Crippen MR) is 133 cm³/mol. The number of carbonyl (C=O) groups is 1. The predicted octanol–water partition coefficient (Wildman–Crippen LogP) is 3.70. The van der Waals surface area contributed by atoms with Crippen molar-refractivity contribution in [2.45, 2.75) is 52.7 Å². The van der Waals surface area contributed by atoms with Crippen molar-refractivity contribution in [3.05, 3.63) is 34.6 Å². The number of thioether (sulfide) groups is 1. The number of para-hydroxylation sites is 1. The molecule has 1 aromatic carbocycles. The molecule has 0 N–H and O–H groups in total. The minimum atomic E-state index is -0.0883. The minimum Gasteiger partial charge on any atom is -0.382 e. The van der Waals surface area contributed by atoms with E-state index in [2.05, 4.69) is 37.9 Å². The molecule has 0 fully saturated rings. The molecular weight excluding hydrogens is 438 g/mol. The lowest BCUT2D eigenvalue weighted by Crippen LogP contribution is -2.38. The molecule has 33 heavy (non-hydrogen) atoms. The number of carbonyl (C=O) groups excluding carboxylic acids is 1. The van der Waals surface area contributed by atoms with Gasteiger partial charge in [0.15, 0.2) is 5.16 Å². The number of rotatable bonds is 12. The summed E-state index contributed by atoms with van der Waals surface area (Å²) >= 11 is 1.37. The summed E-state index contributed by atoms with van der Waals surface area (Å²) in [5.74, 6) is 1.67. The molecule has 3 rings (SSSR count). The van der Waals surface area contributed by atoms with Gasteiger partial charge in [0.25, 0.3) is 5.56 Å². The van der Waals surface area contributed by atoms with E-state index in [0.29, 0.717) is 54.3 Å². The highest BCUT2D eigenvalue weighted by molar-refractivity contribution is 7.99. The Kier molecular flexibility index (Phi) is 8.91. The highest BCUT2D eigenvalue weighted by Crippen LogP contribution is 2.22. The zero-order valence-electron chi connectivity index (χ0n) is 20.3. The van der Waals surface area contributed by atoms with Gasteiger partial charge in [0.2, 0.25) is 11.7 Å². The van der Waals surface area contributed by atoms with E-state index in [1.54, 1.807) is 4.57 Å². The maximum atomic E-state index is 13.1. The number of hydrogen-bond donors (Lipinski definition) is 0. The van der Waals surface area contributed by atoms with Crippen LogP contribution in [0.25, 0.3) is 16.7 Å². The minimum absolute atomic E-state index is 0.0883. The van der Waals surface area contributed by atoms with Gasteiger partial charge in [0.05, 0.1) is 16.7 Å². The summed E-state index contributed by atoms with van der Waals surface area (Å²) < 4.78 is 8.99. The maximum Gasteiger partial charge on any atom is 0.262 e. The second-order valence-electron chi connectivity index (χ2n) is 9.02. The molecule has 0 spiro atoms. The topological polar surface area (TPSA) is 81.7 Å². The standard InChI is InChI=1S/C24H35N5O3S/c1-6-32-13-9-12-28-22(31)19-10-7-8-11-20(19)29-23(28)25-26-24(29)33-16-21(30)27(14-17(2)3)15-18(4)5/h7-8,10-11,17-18H,6,9,12-16H2,1-5H3. The number of fused-ring (bicyclic) bond motifs is 3. The second kappa shape index (κ2) is 11.7. The van der Waals surface area contributed by atoms with E-state index in [1.165, 1.54) is 11.8 Å². The van der Waals surface area contributed by atoms with Crippen molar-refractivity contribution in [1.29, 1.82) is 0 Å². The van der Waals surface area contributed by atoms with Gasteiger partial charge in [-0.05, 0) is 37.3 Å². The number of amides is 1. The fourth-order valence-corrected chi connectivity index (χ4v) is 4.72. The number of aryl methyl sites for hydroxylation is 1. The molecule has 0 radical (unpaired) electrons. The number of nitrogens with zero attached hydrogens (tertiary/aromatic N) is 5. The van der Waals surface area contributed by atoms with E-state index >= 15 is 0 Å². The van der Waals surface area contributed by atoms with Crippen molar-refractivity contribution in [3.8, 4) is 0 Å². The van der Waals surface area contributed by atoms with E-state index < -0.39 is 0 Å². The van der Waals surface area contributed by atoms with Crippen LogP contribution in [0.1, 0.15) is 41.0 Å². The Bertz CT molecular complexity index is 1130. The Balaban J connectivity index is 1.92. The van der Waals surface area contributed by atoms with Crippen molar-refractivity contribution in [2.24, 2.45) is 11.8 Å². The van der Waals surface area contributed by atoms with Crippen LogP contribution in [0, 0.1) is 11.8 Å². The fraction of sp³-hybridized carbons (Fsp3) is 0.583. The van der Waals surface area contributed by atoms with Crippen LogP contribution in [0.5, 0.6) is 0 Å². The van der Waals surface area contributed by atoms with Gasteiger partial charge in [-0.25, -0.2) is 0 Å². The summed E-state index contributed by atoms with van der Waals surface area (Å²) in [7, 11) is 0. The van der Waals surface area contributed by atoms with Crippen LogP contribution in [0.4, 0.5) is 0 Å². The van der Waals surface area contributed by atoms with Crippen LogP contribution in [0.2, 0.25) is 0 Å². The summed E-state index contributed by atoms with van der Waals surface area (Å²) in [6.07, 6.45) is 0.703. The van der Waals surface area contributed by atoms with E-state index in [-0.39, 0.29) is 17.2 Å². The molecule has 0 aliphatic rings. The van der Waals surface area contributed by atoms with Crippen LogP contribution >= 0.6 is 11.8 Å². The highest BCUT2D eigenvalue weighted by Gasteiger charge is 2.20. The lowest BCUT2D eigenvalue weighted by Gasteiger charge is -2.26.